The van der Waals surface area contributed by atoms with E-state index in [0.29, 0.717) is 0 Å². The minimum atomic E-state index is 1.08. The molecular weight excluding hydrogens is 687 g/mol. The molecule has 0 aliphatic heterocycles. The second kappa shape index (κ2) is 15.0. The van der Waals surface area contributed by atoms with Gasteiger partial charge in [-0.15, -0.1) is 0 Å². The molecule has 0 aromatic heterocycles. The molecule has 57 heavy (non-hydrogen) atoms. The molecule has 0 radical (unpaired) electrons. The first-order valence-corrected chi connectivity index (χ1v) is 19.6. The summed E-state index contributed by atoms with van der Waals surface area (Å²) in [6.45, 7) is 0. The van der Waals surface area contributed by atoms with E-state index in [1.165, 1.54) is 71.6 Å². The average Bonchev–Trinajstić information content (AvgIpc) is 3.30. The van der Waals surface area contributed by atoms with Crippen molar-refractivity contribution in [1.29, 1.82) is 0 Å². The second-order valence-corrected chi connectivity index (χ2v) is 14.5. The van der Waals surface area contributed by atoms with Crippen LogP contribution in [0.2, 0.25) is 0 Å². The topological polar surface area (TPSA) is 3.24 Å². The van der Waals surface area contributed by atoms with Crippen LogP contribution >= 0.6 is 0 Å². The van der Waals surface area contributed by atoms with Gasteiger partial charge < -0.3 is 4.90 Å². The molecule has 1 nitrogen and oxygen atoms in total. The van der Waals surface area contributed by atoms with Gasteiger partial charge in [-0.25, -0.2) is 0 Å². The molecule has 0 unspecified atom stereocenters. The number of hydrogen-bond acceptors (Lipinski definition) is 1. The fraction of sp³-hybridized carbons (Fsp3) is 0. The third kappa shape index (κ3) is 6.66. The molecular formula is C56H39N. The zero-order valence-corrected chi connectivity index (χ0v) is 31.5. The van der Waals surface area contributed by atoms with Gasteiger partial charge in [0.2, 0.25) is 0 Å². The first-order valence-electron chi connectivity index (χ1n) is 19.6. The maximum atomic E-state index is 2.44. The van der Waals surface area contributed by atoms with Crippen molar-refractivity contribution in [3.8, 4) is 55.6 Å². The smallest absolute Gasteiger partial charge is 0.0546 e. The molecule has 0 atom stereocenters. The molecule has 0 spiro atoms. The fourth-order valence-corrected chi connectivity index (χ4v) is 8.23. The summed E-state index contributed by atoms with van der Waals surface area (Å²) in [4.78, 5) is 2.44. The lowest BCUT2D eigenvalue weighted by Crippen LogP contribution is -2.11. The molecule has 0 amide bonds. The Morgan fingerprint density at radius 3 is 1.40 bits per heavy atom. The zero-order chi connectivity index (χ0) is 38.0. The predicted molar refractivity (Wildman–Crippen MR) is 243 cm³/mol. The Bertz CT molecular complexity index is 2990. The Labute approximate surface area is 334 Å². The van der Waals surface area contributed by atoms with Gasteiger partial charge in [-0.1, -0.05) is 194 Å². The van der Waals surface area contributed by atoms with Crippen molar-refractivity contribution in [1.82, 2.24) is 0 Å². The van der Waals surface area contributed by atoms with Gasteiger partial charge in [0, 0.05) is 16.9 Å². The van der Waals surface area contributed by atoms with Crippen molar-refractivity contribution < 1.29 is 0 Å². The maximum Gasteiger partial charge on any atom is 0.0546 e. The quantitative estimate of drug-likeness (QED) is 0.141. The molecule has 0 N–H and O–H groups in total. The van der Waals surface area contributed by atoms with Crippen molar-refractivity contribution in [3.05, 3.63) is 237 Å². The minimum Gasteiger partial charge on any atom is -0.310 e. The van der Waals surface area contributed by atoms with Gasteiger partial charge in [-0.2, -0.15) is 0 Å². The van der Waals surface area contributed by atoms with E-state index < -0.39 is 0 Å². The Balaban J connectivity index is 1.17. The predicted octanol–water partition coefficient (Wildman–Crippen LogP) is 15.8. The lowest BCUT2D eigenvalue weighted by atomic mass is 9.92. The zero-order valence-electron chi connectivity index (χ0n) is 31.5. The largest absolute Gasteiger partial charge is 0.310 e. The van der Waals surface area contributed by atoms with Gasteiger partial charge in [-0.3, -0.25) is 0 Å². The molecule has 0 aliphatic carbocycles. The summed E-state index contributed by atoms with van der Waals surface area (Å²) in [5.41, 5.74) is 15.2. The van der Waals surface area contributed by atoms with Gasteiger partial charge in [0.25, 0.3) is 0 Å². The molecule has 10 aromatic carbocycles. The lowest BCUT2D eigenvalue weighted by molar-refractivity contribution is 1.28. The van der Waals surface area contributed by atoms with Crippen LogP contribution in [0.25, 0.3) is 77.2 Å². The summed E-state index contributed by atoms with van der Waals surface area (Å²) in [6.07, 6.45) is 0. The Hall–Kier alpha value is -7.48. The molecule has 268 valence electrons. The van der Waals surface area contributed by atoms with Crippen LogP contribution < -0.4 is 4.90 Å². The van der Waals surface area contributed by atoms with Gasteiger partial charge in [0.1, 0.15) is 0 Å². The van der Waals surface area contributed by atoms with Crippen molar-refractivity contribution in [2.24, 2.45) is 0 Å². The van der Waals surface area contributed by atoms with E-state index >= 15 is 0 Å². The van der Waals surface area contributed by atoms with E-state index in [1.807, 2.05) is 0 Å². The Morgan fingerprint density at radius 1 is 0.228 bits per heavy atom. The molecule has 0 fully saturated rings. The molecule has 0 aliphatic rings. The summed E-state index contributed by atoms with van der Waals surface area (Å²) in [5, 5.41) is 5.02. The molecule has 0 bridgehead atoms. The van der Waals surface area contributed by atoms with Crippen molar-refractivity contribution in [2.45, 2.75) is 0 Å². The van der Waals surface area contributed by atoms with Crippen LogP contribution in [0, 0.1) is 0 Å². The second-order valence-electron chi connectivity index (χ2n) is 14.5. The lowest BCUT2D eigenvalue weighted by Gasteiger charge is -2.29. The Kier molecular flexibility index (Phi) is 8.95. The summed E-state index contributed by atoms with van der Waals surface area (Å²) < 4.78 is 0. The number of benzene rings is 10. The van der Waals surface area contributed by atoms with Gasteiger partial charge in [0.15, 0.2) is 0 Å². The first kappa shape index (κ1) is 34.0. The molecule has 0 saturated heterocycles. The molecule has 0 heterocycles. The standard InChI is InChI=1S/C56H39N/c1-4-16-40(17-5-1)44-23-14-24-45(36-44)42-30-33-49(34-31-42)57(56-39-46(41-18-6-2-7-19-41)32-35-52(56)43-20-8-3-9-21-43)50-26-15-25-47(37-50)55-38-48-22-10-11-27-51(48)53-28-12-13-29-54(53)55/h1-39H. The van der Waals surface area contributed by atoms with Crippen molar-refractivity contribution >= 4 is 38.6 Å². The highest BCUT2D eigenvalue weighted by Crippen LogP contribution is 2.45. The van der Waals surface area contributed by atoms with Crippen LogP contribution in [0.4, 0.5) is 17.1 Å². The van der Waals surface area contributed by atoms with Gasteiger partial charge in [-0.05, 0) is 114 Å². The molecule has 10 aromatic rings. The average molecular weight is 726 g/mol. The van der Waals surface area contributed by atoms with Crippen LogP contribution in [0.3, 0.4) is 0 Å². The van der Waals surface area contributed by atoms with E-state index in [0.717, 1.165) is 22.6 Å². The highest BCUT2D eigenvalue weighted by atomic mass is 15.1. The van der Waals surface area contributed by atoms with Gasteiger partial charge >= 0.3 is 0 Å². The Morgan fingerprint density at radius 2 is 0.719 bits per heavy atom. The fourth-order valence-electron chi connectivity index (χ4n) is 8.23. The highest BCUT2D eigenvalue weighted by Gasteiger charge is 2.20. The van der Waals surface area contributed by atoms with Crippen LogP contribution in [-0.4, -0.2) is 0 Å². The summed E-state index contributed by atoms with van der Waals surface area (Å²) in [6, 6.07) is 85.7. The number of anilines is 3. The third-order valence-electron chi connectivity index (χ3n) is 11.0. The summed E-state index contributed by atoms with van der Waals surface area (Å²) in [7, 11) is 0. The number of hydrogen-bond donors (Lipinski definition) is 0. The van der Waals surface area contributed by atoms with Crippen LogP contribution in [0.1, 0.15) is 0 Å². The van der Waals surface area contributed by atoms with Crippen molar-refractivity contribution in [2.75, 3.05) is 4.90 Å². The maximum absolute atomic E-state index is 2.44. The summed E-state index contributed by atoms with van der Waals surface area (Å²) in [5.74, 6) is 0. The minimum absolute atomic E-state index is 1.08. The normalized spacial score (nSPS) is 11.2. The van der Waals surface area contributed by atoms with Gasteiger partial charge in [0.05, 0.1) is 5.69 Å². The monoisotopic (exact) mass is 725 g/mol. The number of fused-ring (bicyclic) bond motifs is 3. The van der Waals surface area contributed by atoms with Crippen molar-refractivity contribution in [3.63, 3.8) is 0 Å². The molecule has 10 rings (SSSR count). The highest BCUT2D eigenvalue weighted by molar-refractivity contribution is 6.14. The van der Waals surface area contributed by atoms with E-state index in [4.69, 9.17) is 0 Å². The molecule has 1 heteroatoms. The van der Waals surface area contributed by atoms with E-state index in [2.05, 4.69) is 241 Å². The van der Waals surface area contributed by atoms with Crippen LogP contribution in [0.15, 0.2) is 237 Å². The van der Waals surface area contributed by atoms with E-state index in [9.17, 15) is 0 Å². The van der Waals surface area contributed by atoms with E-state index in [-0.39, 0.29) is 0 Å². The number of rotatable bonds is 8. The van der Waals surface area contributed by atoms with Crippen LogP contribution in [0.5, 0.6) is 0 Å². The van der Waals surface area contributed by atoms with Crippen LogP contribution in [-0.2, 0) is 0 Å². The molecule has 0 saturated carbocycles. The number of nitrogens with zero attached hydrogens (tertiary/aromatic N) is 1. The SMILES string of the molecule is c1ccc(-c2cccc(-c3ccc(N(c4cccc(-c5cc6ccccc6c6ccccc56)c4)c4cc(-c5ccccc5)ccc4-c4ccccc4)cc3)c2)cc1. The van der Waals surface area contributed by atoms with E-state index in [1.54, 1.807) is 0 Å². The summed E-state index contributed by atoms with van der Waals surface area (Å²) >= 11 is 0. The third-order valence-corrected chi connectivity index (χ3v) is 11.0. The first-order chi connectivity index (χ1) is 28.3.